The van der Waals surface area contributed by atoms with Gasteiger partial charge in [-0.05, 0) is 6.07 Å². The van der Waals surface area contributed by atoms with Crippen LogP contribution in [0.4, 0.5) is 20.2 Å². The molecular weight excluding hydrogens is 258 g/mol. The van der Waals surface area contributed by atoms with Gasteiger partial charge in [0.25, 0.3) is 5.69 Å². The van der Waals surface area contributed by atoms with Crippen molar-refractivity contribution < 1.29 is 13.7 Å². The van der Waals surface area contributed by atoms with Gasteiger partial charge in [0.2, 0.25) is 0 Å². The van der Waals surface area contributed by atoms with Gasteiger partial charge in [0.15, 0.2) is 5.82 Å². The second-order valence-electron chi connectivity index (χ2n) is 3.59. The third-order valence-corrected chi connectivity index (χ3v) is 2.32. The molecule has 6 nitrogen and oxygen atoms in total. The van der Waals surface area contributed by atoms with Crippen molar-refractivity contribution in [3.63, 3.8) is 0 Å². The molecular formula is C11H8F2N4O2. The van der Waals surface area contributed by atoms with Crippen LogP contribution in [0.5, 0.6) is 0 Å². The van der Waals surface area contributed by atoms with Crippen LogP contribution in [-0.4, -0.2) is 14.9 Å². The third kappa shape index (κ3) is 2.97. The zero-order valence-electron chi connectivity index (χ0n) is 9.51. The highest BCUT2D eigenvalue weighted by atomic mass is 19.1. The van der Waals surface area contributed by atoms with Crippen molar-refractivity contribution >= 4 is 11.4 Å². The van der Waals surface area contributed by atoms with Crippen molar-refractivity contribution in [2.24, 2.45) is 0 Å². The fraction of sp³-hybridized carbons (Fsp3) is 0.0909. The number of hydrogen-bond acceptors (Lipinski definition) is 5. The average Bonchev–Trinajstić information content (AvgIpc) is 2.38. The van der Waals surface area contributed by atoms with Crippen LogP contribution in [0.25, 0.3) is 0 Å². The Morgan fingerprint density at radius 3 is 2.79 bits per heavy atom. The minimum absolute atomic E-state index is 0.0614. The van der Waals surface area contributed by atoms with Gasteiger partial charge < -0.3 is 5.32 Å². The minimum atomic E-state index is -1.03. The third-order valence-electron chi connectivity index (χ3n) is 2.32. The number of anilines is 1. The molecule has 1 aromatic carbocycles. The molecule has 0 amide bonds. The molecule has 0 aliphatic carbocycles. The molecule has 2 aromatic rings. The van der Waals surface area contributed by atoms with Crippen molar-refractivity contribution in [1.29, 1.82) is 0 Å². The van der Waals surface area contributed by atoms with Gasteiger partial charge in [-0.15, -0.1) is 0 Å². The molecule has 98 valence electrons. The summed E-state index contributed by atoms with van der Waals surface area (Å²) in [6, 6.07) is 2.81. The van der Waals surface area contributed by atoms with E-state index >= 15 is 0 Å². The summed E-state index contributed by atoms with van der Waals surface area (Å²) in [5.74, 6) is -2.03. The van der Waals surface area contributed by atoms with Crippen LogP contribution < -0.4 is 5.32 Å². The maximum absolute atomic E-state index is 13.5. The summed E-state index contributed by atoms with van der Waals surface area (Å²) in [5, 5.41) is 13.3. The number of nitro groups is 1. The molecule has 0 aliphatic heterocycles. The van der Waals surface area contributed by atoms with Crippen LogP contribution in [0, 0.1) is 21.7 Å². The van der Waals surface area contributed by atoms with Crippen LogP contribution in [-0.2, 0) is 6.54 Å². The molecule has 0 aliphatic rings. The molecule has 0 spiro atoms. The van der Waals surface area contributed by atoms with Gasteiger partial charge in [0, 0.05) is 12.3 Å². The van der Waals surface area contributed by atoms with E-state index in [-0.39, 0.29) is 12.2 Å². The van der Waals surface area contributed by atoms with E-state index in [1.54, 1.807) is 6.07 Å². The van der Waals surface area contributed by atoms with Crippen LogP contribution in [0.3, 0.4) is 0 Å². The van der Waals surface area contributed by atoms with E-state index in [9.17, 15) is 18.9 Å². The quantitative estimate of drug-likeness (QED) is 0.678. The molecule has 2 rings (SSSR count). The predicted octanol–water partition coefficient (Wildman–Crippen LogP) is 2.28. The van der Waals surface area contributed by atoms with Gasteiger partial charge in [0.05, 0.1) is 23.2 Å². The smallest absolute Gasteiger partial charge is 0.298 e. The number of nitrogens with one attached hydrogen (secondary N) is 1. The highest BCUT2D eigenvalue weighted by Crippen LogP contribution is 2.28. The normalized spacial score (nSPS) is 10.2. The first-order chi connectivity index (χ1) is 9.08. The Morgan fingerprint density at radius 2 is 2.16 bits per heavy atom. The highest BCUT2D eigenvalue weighted by Gasteiger charge is 2.20. The van der Waals surface area contributed by atoms with Crippen molar-refractivity contribution in [1.82, 2.24) is 9.97 Å². The van der Waals surface area contributed by atoms with Gasteiger partial charge in [0.1, 0.15) is 17.8 Å². The van der Waals surface area contributed by atoms with Gasteiger partial charge in [-0.1, -0.05) is 0 Å². The van der Waals surface area contributed by atoms with E-state index in [1.807, 2.05) is 0 Å². The summed E-state index contributed by atoms with van der Waals surface area (Å²) in [6.45, 7) is 0.0614. The number of halogens is 2. The van der Waals surface area contributed by atoms with Crippen LogP contribution >= 0.6 is 0 Å². The van der Waals surface area contributed by atoms with Gasteiger partial charge >= 0.3 is 0 Å². The predicted molar refractivity (Wildman–Crippen MR) is 62.4 cm³/mol. The van der Waals surface area contributed by atoms with Crippen molar-refractivity contribution in [2.75, 3.05) is 5.32 Å². The molecule has 0 unspecified atom stereocenters. The van der Waals surface area contributed by atoms with E-state index in [0.29, 0.717) is 17.8 Å². The summed E-state index contributed by atoms with van der Waals surface area (Å²) in [5.41, 5.74) is -0.510. The SMILES string of the molecule is O=[N+]([O-])c1cc(F)cc(F)c1NCc1ccncn1. The molecule has 0 atom stereocenters. The standard InChI is InChI=1S/C11H8F2N4O2/c12-7-3-9(13)11(10(4-7)17(18)19)15-5-8-1-2-14-6-16-8/h1-4,6,15H,5H2. The lowest BCUT2D eigenvalue weighted by Gasteiger charge is -2.07. The number of nitrogens with zero attached hydrogens (tertiary/aromatic N) is 3. The van der Waals surface area contributed by atoms with Gasteiger partial charge in [-0.25, -0.2) is 18.7 Å². The molecule has 0 radical (unpaired) electrons. The fourth-order valence-electron chi connectivity index (χ4n) is 1.48. The first-order valence-corrected chi connectivity index (χ1v) is 5.20. The molecule has 0 saturated carbocycles. The zero-order valence-corrected chi connectivity index (χ0v) is 9.51. The van der Waals surface area contributed by atoms with Crippen molar-refractivity contribution in [2.45, 2.75) is 6.54 Å². The van der Waals surface area contributed by atoms with Gasteiger partial charge in [-0.2, -0.15) is 0 Å². The second-order valence-corrected chi connectivity index (χ2v) is 3.59. The number of rotatable bonds is 4. The maximum atomic E-state index is 13.5. The van der Waals surface area contributed by atoms with Crippen molar-refractivity contribution in [3.05, 3.63) is 58.2 Å². The topological polar surface area (TPSA) is 81.0 Å². The molecule has 8 heteroatoms. The van der Waals surface area contributed by atoms with E-state index in [4.69, 9.17) is 0 Å². The van der Waals surface area contributed by atoms with E-state index in [2.05, 4.69) is 15.3 Å². The number of aromatic nitrogens is 2. The number of nitro benzene ring substituents is 1. The Morgan fingerprint density at radius 1 is 1.37 bits per heavy atom. The zero-order chi connectivity index (χ0) is 13.8. The molecule has 0 bridgehead atoms. The Kier molecular flexibility index (Phi) is 3.60. The minimum Gasteiger partial charge on any atom is -0.371 e. The summed E-state index contributed by atoms with van der Waals surface area (Å²) in [4.78, 5) is 17.5. The molecule has 19 heavy (non-hydrogen) atoms. The maximum Gasteiger partial charge on any atom is 0.298 e. The van der Waals surface area contributed by atoms with Crippen LogP contribution in [0.2, 0.25) is 0 Å². The Labute approximate surface area is 106 Å². The Hall–Kier alpha value is -2.64. The monoisotopic (exact) mass is 266 g/mol. The van der Waals surface area contributed by atoms with Gasteiger partial charge in [-0.3, -0.25) is 10.1 Å². The van der Waals surface area contributed by atoms with E-state index in [1.165, 1.54) is 12.5 Å². The fourth-order valence-corrected chi connectivity index (χ4v) is 1.48. The van der Waals surface area contributed by atoms with Crippen LogP contribution in [0.15, 0.2) is 30.7 Å². The lowest BCUT2D eigenvalue weighted by atomic mass is 10.2. The van der Waals surface area contributed by atoms with Crippen molar-refractivity contribution in [3.8, 4) is 0 Å². The average molecular weight is 266 g/mol. The Balaban J connectivity index is 2.27. The second kappa shape index (κ2) is 5.34. The lowest BCUT2D eigenvalue weighted by molar-refractivity contribution is -0.384. The first kappa shape index (κ1) is 12.8. The molecule has 0 fully saturated rings. The molecule has 0 saturated heterocycles. The summed E-state index contributed by atoms with van der Waals surface area (Å²) in [7, 11) is 0. The molecule has 1 aromatic heterocycles. The summed E-state index contributed by atoms with van der Waals surface area (Å²) in [6.07, 6.45) is 2.78. The first-order valence-electron chi connectivity index (χ1n) is 5.20. The lowest BCUT2D eigenvalue weighted by Crippen LogP contribution is -2.06. The van der Waals surface area contributed by atoms with E-state index < -0.39 is 22.2 Å². The number of benzene rings is 1. The summed E-state index contributed by atoms with van der Waals surface area (Å²) < 4.78 is 26.5. The highest BCUT2D eigenvalue weighted by molar-refractivity contribution is 5.62. The largest absolute Gasteiger partial charge is 0.371 e. The molecule has 1 heterocycles. The van der Waals surface area contributed by atoms with Crippen LogP contribution in [0.1, 0.15) is 5.69 Å². The molecule has 1 N–H and O–H groups in total. The Bertz CT molecular complexity index is 607. The van der Waals surface area contributed by atoms with E-state index in [0.717, 1.165) is 0 Å². The number of hydrogen-bond donors (Lipinski definition) is 1. The summed E-state index contributed by atoms with van der Waals surface area (Å²) >= 11 is 0.